The third kappa shape index (κ3) is 3.30. The van der Waals surface area contributed by atoms with Gasteiger partial charge in [-0.3, -0.25) is 4.79 Å². The van der Waals surface area contributed by atoms with Gasteiger partial charge in [0, 0.05) is 28.6 Å². The lowest BCUT2D eigenvalue weighted by Crippen LogP contribution is -2.04. The summed E-state index contributed by atoms with van der Waals surface area (Å²) < 4.78 is 16.1. The van der Waals surface area contributed by atoms with Crippen molar-refractivity contribution in [1.29, 1.82) is 0 Å². The van der Waals surface area contributed by atoms with E-state index >= 15 is 0 Å². The van der Waals surface area contributed by atoms with Crippen molar-refractivity contribution >= 4 is 16.8 Å². The fourth-order valence-corrected chi connectivity index (χ4v) is 2.40. The van der Waals surface area contributed by atoms with Crippen molar-refractivity contribution in [1.82, 2.24) is 0 Å². The van der Waals surface area contributed by atoms with Crippen LogP contribution in [-0.2, 0) is 6.61 Å². The molecule has 122 valence electrons. The summed E-state index contributed by atoms with van der Waals surface area (Å²) in [6, 6.07) is 13.6. The van der Waals surface area contributed by atoms with Crippen LogP contribution in [-0.4, -0.2) is 12.9 Å². The van der Waals surface area contributed by atoms with E-state index in [-0.39, 0.29) is 12.4 Å². The van der Waals surface area contributed by atoms with Crippen LogP contribution >= 0.6 is 0 Å². The summed E-state index contributed by atoms with van der Waals surface area (Å²) in [6.07, 6.45) is 0. The number of carbonyl (C=O) groups is 1. The van der Waals surface area contributed by atoms with Crippen molar-refractivity contribution in [2.24, 2.45) is 0 Å². The number of hydrogen-bond donors (Lipinski definition) is 0. The molecule has 0 N–H and O–H groups in total. The first-order valence-electron chi connectivity index (χ1n) is 7.41. The standard InChI is InChI=1S/C19H16O5/c1-12(20)13-3-5-15(6-4-13)23-11-14-9-19(21)24-18-10-16(22-2)7-8-17(14)18/h3-10H,11H2,1-2H3. The van der Waals surface area contributed by atoms with E-state index in [4.69, 9.17) is 13.9 Å². The fourth-order valence-electron chi connectivity index (χ4n) is 2.40. The summed E-state index contributed by atoms with van der Waals surface area (Å²) in [6.45, 7) is 1.73. The lowest BCUT2D eigenvalue weighted by atomic mass is 10.1. The first-order valence-corrected chi connectivity index (χ1v) is 7.41. The molecule has 0 fully saturated rings. The zero-order valence-corrected chi connectivity index (χ0v) is 13.4. The molecule has 3 aromatic rings. The van der Waals surface area contributed by atoms with Gasteiger partial charge in [0.15, 0.2) is 5.78 Å². The van der Waals surface area contributed by atoms with E-state index in [1.165, 1.54) is 13.0 Å². The Hall–Kier alpha value is -3.08. The molecule has 0 aliphatic rings. The minimum Gasteiger partial charge on any atom is -0.497 e. The Kier molecular flexibility index (Phi) is 4.33. The lowest BCUT2D eigenvalue weighted by molar-refractivity contribution is 0.101. The van der Waals surface area contributed by atoms with Gasteiger partial charge < -0.3 is 13.9 Å². The number of benzene rings is 2. The summed E-state index contributed by atoms with van der Waals surface area (Å²) in [5, 5.41) is 0.788. The van der Waals surface area contributed by atoms with Crippen LogP contribution in [0.2, 0.25) is 0 Å². The zero-order valence-electron chi connectivity index (χ0n) is 13.4. The van der Waals surface area contributed by atoms with Crippen molar-refractivity contribution in [3.8, 4) is 11.5 Å². The second kappa shape index (κ2) is 6.58. The molecule has 1 aromatic heterocycles. The van der Waals surface area contributed by atoms with Crippen LogP contribution in [0.3, 0.4) is 0 Å². The van der Waals surface area contributed by atoms with Gasteiger partial charge in [0.05, 0.1) is 7.11 Å². The molecule has 0 spiro atoms. The number of carbonyl (C=O) groups excluding carboxylic acids is 1. The van der Waals surface area contributed by atoms with E-state index in [1.54, 1.807) is 43.5 Å². The smallest absolute Gasteiger partial charge is 0.336 e. The highest BCUT2D eigenvalue weighted by atomic mass is 16.5. The van der Waals surface area contributed by atoms with E-state index in [0.29, 0.717) is 22.6 Å². The molecule has 0 saturated heterocycles. The molecule has 0 unspecified atom stereocenters. The molecule has 5 heteroatoms. The second-order valence-electron chi connectivity index (χ2n) is 5.32. The van der Waals surface area contributed by atoms with Crippen LogP contribution in [0.4, 0.5) is 0 Å². The quantitative estimate of drug-likeness (QED) is 0.530. The molecule has 0 radical (unpaired) electrons. The van der Waals surface area contributed by atoms with Gasteiger partial charge >= 0.3 is 5.63 Å². The van der Waals surface area contributed by atoms with E-state index in [0.717, 1.165) is 10.9 Å². The fraction of sp³-hybridized carbons (Fsp3) is 0.158. The van der Waals surface area contributed by atoms with Crippen molar-refractivity contribution in [2.45, 2.75) is 13.5 Å². The predicted molar refractivity (Wildman–Crippen MR) is 89.8 cm³/mol. The summed E-state index contributed by atoms with van der Waals surface area (Å²) in [4.78, 5) is 23.0. The van der Waals surface area contributed by atoms with Crippen LogP contribution in [0.25, 0.3) is 11.0 Å². The summed E-state index contributed by atoms with van der Waals surface area (Å²) in [7, 11) is 1.55. The lowest BCUT2D eigenvalue weighted by Gasteiger charge is -2.09. The molecule has 3 rings (SSSR count). The molecular weight excluding hydrogens is 308 g/mol. The topological polar surface area (TPSA) is 65.7 Å². The van der Waals surface area contributed by atoms with Crippen LogP contribution in [0.15, 0.2) is 57.7 Å². The van der Waals surface area contributed by atoms with Crippen molar-refractivity contribution in [3.05, 3.63) is 70.1 Å². The number of hydrogen-bond acceptors (Lipinski definition) is 5. The summed E-state index contributed by atoms with van der Waals surface area (Å²) in [5.74, 6) is 1.24. The monoisotopic (exact) mass is 324 g/mol. The highest BCUT2D eigenvalue weighted by Crippen LogP contribution is 2.23. The Balaban J connectivity index is 1.86. The highest BCUT2D eigenvalue weighted by molar-refractivity contribution is 5.94. The van der Waals surface area contributed by atoms with Crippen LogP contribution < -0.4 is 15.1 Å². The van der Waals surface area contributed by atoms with Crippen LogP contribution in [0, 0.1) is 0 Å². The Labute approximate surface area is 138 Å². The van der Waals surface area contributed by atoms with E-state index in [2.05, 4.69) is 0 Å². The Morgan fingerprint density at radius 3 is 2.42 bits per heavy atom. The van der Waals surface area contributed by atoms with E-state index in [1.807, 2.05) is 6.07 Å². The van der Waals surface area contributed by atoms with Crippen LogP contribution in [0.1, 0.15) is 22.8 Å². The minimum atomic E-state index is -0.443. The normalized spacial score (nSPS) is 10.6. The predicted octanol–water partition coefficient (Wildman–Crippen LogP) is 3.58. The third-order valence-corrected chi connectivity index (χ3v) is 3.69. The van der Waals surface area contributed by atoms with Crippen molar-refractivity contribution in [3.63, 3.8) is 0 Å². The minimum absolute atomic E-state index is 0.00200. The molecule has 0 saturated carbocycles. The second-order valence-corrected chi connectivity index (χ2v) is 5.32. The maximum Gasteiger partial charge on any atom is 0.336 e. The molecule has 0 amide bonds. The molecule has 1 heterocycles. The van der Waals surface area contributed by atoms with E-state index in [9.17, 15) is 9.59 Å². The molecule has 0 bridgehead atoms. The number of Topliss-reactive ketones (excluding diaryl/α,β-unsaturated/α-hetero) is 1. The first-order chi connectivity index (χ1) is 11.6. The van der Waals surface area contributed by atoms with Gasteiger partial charge in [0.25, 0.3) is 0 Å². The largest absolute Gasteiger partial charge is 0.497 e. The maximum absolute atomic E-state index is 11.7. The van der Waals surface area contributed by atoms with Gasteiger partial charge in [-0.15, -0.1) is 0 Å². The molecule has 5 nitrogen and oxygen atoms in total. The average molecular weight is 324 g/mol. The van der Waals surface area contributed by atoms with Gasteiger partial charge in [-0.25, -0.2) is 4.79 Å². The van der Waals surface area contributed by atoms with E-state index < -0.39 is 5.63 Å². The molecule has 0 aliphatic carbocycles. The maximum atomic E-state index is 11.7. The molecule has 2 aromatic carbocycles. The third-order valence-electron chi connectivity index (χ3n) is 3.69. The van der Waals surface area contributed by atoms with Crippen molar-refractivity contribution < 1.29 is 18.7 Å². The molecule has 0 atom stereocenters. The number of ketones is 1. The molecule has 24 heavy (non-hydrogen) atoms. The Morgan fingerprint density at radius 1 is 1.04 bits per heavy atom. The van der Waals surface area contributed by atoms with Gasteiger partial charge in [0.2, 0.25) is 0 Å². The number of fused-ring (bicyclic) bond motifs is 1. The zero-order chi connectivity index (χ0) is 17.1. The average Bonchev–Trinajstić information content (AvgIpc) is 2.59. The Bertz CT molecular complexity index is 938. The SMILES string of the molecule is COc1ccc2c(COc3ccc(C(C)=O)cc3)cc(=O)oc2c1. The molecular formula is C19H16O5. The van der Waals surface area contributed by atoms with Gasteiger partial charge in [-0.2, -0.15) is 0 Å². The highest BCUT2D eigenvalue weighted by Gasteiger charge is 2.08. The number of rotatable bonds is 5. The van der Waals surface area contributed by atoms with Gasteiger partial charge in [-0.05, 0) is 43.3 Å². The number of methoxy groups -OCH3 is 1. The number of ether oxygens (including phenoxy) is 2. The van der Waals surface area contributed by atoms with Crippen molar-refractivity contribution in [2.75, 3.05) is 7.11 Å². The Morgan fingerprint density at radius 2 is 1.75 bits per heavy atom. The molecule has 0 aliphatic heterocycles. The van der Waals surface area contributed by atoms with Gasteiger partial charge in [0.1, 0.15) is 23.7 Å². The first kappa shape index (κ1) is 15.8. The summed E-state index contributed by atoms with van der Waals surface area (Å²) >= 11 is 0. The summed E-state index contributed by atoms with van der Waals surface area (Å²) in [5.41, 5.74) is 1.36. The van der Waals surface area contributed by atoms with Gasteiger partial charge in [-0.1, -0.05) is 0 Å². The van der Waals surface area contributed by atoms with Crippen LogP contribution in [0.5, 0.6) is 11.5 Å².